The first kappa shape index (κ1) is 15.4. The van der Waals surface area contributed by atoms with Crippen LogP contribution in [0.25, 0.3) is 12.2 Å². The van der Waals surface area contributed by atoms with Crippen LogP contribution >= 0.6 is 0 Å². The number of fused-ring (bicyclic) bond motifs is 1. The largest absolute Gasteiger partial charge is 0.359 e. The van der Waals surface area contributed by atoms with E-state index in [2.05, 4.69) is 4.98 Å². The molecule has 0 aliphatic heterocycles. The smallest absolute Gasteiger partial charge is 0.189 e. The zero-order valence-electron chi connectivity index (χ0n) is 11.5. The topological polar surface area (TPSA) is 32.9 Å². The molecule has 1 aliphatic carbocycles. The number of aromatic nitrogens is 1. The highest BCUT2D eigenvalue weighted by Gasteiger charge is 1.94. The second-order valence-electron chi connectivity index (χ2n) is 3.18. The molecule has 1 aliphatic rings. The summed E-state index contributed by atoms with van der Waals surface area (Å²) >= 11 is 0. The quantitative estimate of drug-likeness (QED) is 0.736. The number of rotatable bonds is 0. The SMILES string of the molecule is CC.CC.Cc1cc(=O)c2c([nH]1)=CCC=CC=2.[HH]. The molecule has 0 fully saturated rings. The fourth-order valence-corrected chi connectivity index (χ4v) is 1.48. The average Bonchev–Trinajstić information content (AvgIpc) is 2.59. The highest BCUT2D eigenvalue weighted by molar-refractivity contribution is 5.42. The Labute approximate surface area is 105 Å². The minimum Gasteiger partial charge on any atom is -0.359 e. The van der Waals surface area contributed by atoms with E-state index in [1.54, 1.807) is 6.07 Å². The van der Waals surface area contributed by atoms with Crippen LogP contribution in [-0.2, 0) is 0 Å². The van der Waals surface area contributed by atoms with Crippen molar-refractivity contribution in [3.63, 3.8) is 0 Å². The Morgan fingerprint density at radius 1 is 1.24 bits per heavy atom. The summed E-state index contributed by atoms with van der Waals surface area (Å²) in [6, 6.07) is 1.63. The fourth-order valence-electron chi connectivity index (χ4n) is 1.48. The predicted molar refractivity (Wildman–Crippen MR) is 78.5 cm³/mol. The van der Waals surface area contributed by atoms with Gasteiger partial charge in [-0.1, -0.05) is 45.9 Å². The molecule has 0 aromatic carbocycles. The molecule has 2 nitrogen and oxygen atoms in total. The number of pyridine rings is 1. The van der Waals surface area contributed by atoms with Gasteiger partial charge in [0.15, 0.2) is 5.43 Å². The maximum absolute atomic E-state index is 11.5. The number of hydrogen-bond donors (Lipinski definition) is 1. The van der Waals surface area contributed by atoms with E-state index in [0.717, 1.165) is 22.7 Å². The lowest BCUT2D eigenvalue weighted by molar-refractivity contribution is 1.11. The minimum absolute atomic E-state index is 0. The molecule has 0 unspecified atom stereocenters. The standard InChI is InChI=1S/C11H11NO.2C2H6.H2/c1-8-7-11(13)9-5-3-2-4-6-10(9)12-8;2*1-2;/h2-3,5-7,12H,4H2,1H3;2*1-2H3;1H. The van der Waals surface area contributed by atoms with Crippen LogP contribution in [0.4, 0.5) is 0 Å². The average molecular weight is 235 g/mol. The van der Waals surface area contributed by atoms with Crippen LogP contribution in [0.15, 0.2) is 23.0 Å². The molecule has 0 bridgehead atoms. The normalized spacial score (nSPS) is 11.4. The van der Waals surface area contributed by atoms with Crippen LogP contribution in [0.3, 0.4) is 0 Å². The van der Waals surface area contributed by atoms with Crippen molar-refractivity contribution in [1.29, 1.82) is 0 Å². The predicted octanol–water partition coefficient (Wildman–Crippen LogP) is 2.50. The van der Waals surface area contributed by atoms with Crippen molar-refractivity contribution in [2.24, 2.45) is 0 Å². The summed E-state index contributed by atoms with van der Waals surface area (Å²) in [6.07, 6.45) is 8.72. The Balaban J connectivity index is 0. The van der Waals surface area contributed by atoms with Crippen molar-refractivity contribution < 1.29 is 1.43 Å². The summed E-state index contributed by atoms with van der Waals surface area (Å²) in [6.45, 7) is 9.90. The van der Waals surface area contributed by atoms with Gasteiger partial charge in [0.2, 0.25) is 0 Å². The van der Waals surface area contributed by atoms with Gasteiger partial charge < -0.3 is 4.98 Å². The third-order valence-corrected chi connectivity index (χ3v) is 2.09. The molecule has 0 saturated carbocycles. The summed E-state index contributed by atoms with van der Waals surface area (Å²) in [4.78, 5) is 14.7. The van der Waals surface area contributed by atoms with E-state index in [1.807, 2.05) is 58.9 Å². The number of aryl methyl sites for hydroxylation is 1. The molecule has 1 N–H and O–H groups in total. The summed E-state index contributed by atoms with van der Waals surface area (Å²) in [5.41, 5.74) is 1.00. The van der Waals surface area contributed by atoms with Gasteiger partial charge >= 0.3 is 0 Å². The van der Waals surface area contributed by atoms with E-state index in [0.29, 0.717) is 0 Å². The Kier molecular flexibility index (Phi) is 7.78. The lowest BCUT2D eigenvalue weighted by Gasteiger charge is -1.93. The molecule has 1 heterocycles. The molecule has 0 saturated heterocycles. The third kappa shape index (κ3) is 4.43. The van der Waals surface area contributed by atoms with E-state index in [9.17, 15) is 4.79 Å². The van der Waals surface area contributed by atoms with Gasteiger partial charge in [0.25, 0.3) is 0 Å². The molecule has 96 valence electrons. The summed E-state index contributed by atoms with van der Waals surface area (Å²) < 4.78 is 0. The number of hydrogen-bond acceptors (Lipinski definition) is 1. The maximum Gasteiger partial charge on any atom is 0.189 e. The Hall–Kier alpha value is -1.57. The van der Waals surface area contributed by atoms with Crippen LogP contribution in [0.5, 0.6) is 0 Å². The molecule has 2 rings (SSSR count). The molecule has 0 radical (unpaired) electrons. The second kappa shape index (κ2) is 8.57. The molecule has 0 spiro atoms. The molecule has 1 aromatic heterocycles. The zero-order valence-corrected chi connectivity index (χ0v) is 11.5. The second-order valence-corrected chi connectivity index (χ2v) is 3.18. The van der Waals surface area contributed by atoms with Crippen molar-refractivity contribution in [2.45, 2.75) is 41.0 Å². The number of allylic oxidation sites excluding steroid dienone is 2. The molecule has 0 atom stereocenters. The van der Waals surface area contributed by atoms with Gasteiger partial charge in [-0.25, -0.2) is 0 Å². The third-order valence-electron chi connectivity index (χ3n) is 2.09. The maximum atomic E-state index is 11.5. The lowest BCUT2D eigenvalue weighted by atomic mass is 10.2. The summed E-state index contributed by atoms with van der Waals surface area (Å²) in [5.74, 6) is 0. The fraction of sp³-hybridized carbons (Fsp3) is 0.400. The first-order chi connectivity index (χ1) is 8.27. The van der Waals surface area contributed by atoms with E-state index >= 15 is 0 Å². The molecular formula is C15H25NO. The monoisotopic (exact) mass is 235 g/mol. The minimum atomic E-state index is 0. The molecular weight excluding hydrogens is 210 g/mol. The van der Waals surface area contributed by atoms with Gasteiger partial charge in [0.1, 0.15) is 0 Å². The van der Waals surface area contributed by atoms with Gasteiger partial charge in [-0.3, -0.25) is 4.79 Å². The Morgan fingerprint density at radius 2 is 1.88 bits per heavy atom. The van der Waals surface area contributed by atoms with Crippen LogP contribution in [0.1, 0.15) is 41.2 Å². The van der Waals surface area contributed by atoms with Crippen molar-refractivity contribution >= 4 is 12.2 Å². The first-order valence-corrected chi connectivity index (χ1v) is 6.34. The van der Waals surface area contributed by atoms with Crippen LogP contribution in [0, 0.1) is 6.92 Å². The first-order valence-electron chi connectivity index (χ1n) is 6.34. The highest BCUT2D eigenvalue weighted by Crippen LogP contribution is 1.87. The van der Waals surface area contributed by atoms with Crippen LogP contribution < -0.4 is 16.0 Å². The van der Waals surface area contributed by atoms with Crippen molar-refractivity contribution in [1.82, 2.24) is 4.98 Å². The van der Waals surface area contributed by atoms with Crippen LogP contribution in [0.2, 0.25) is 0 Å². The van der Waals surface area contributed by atoms with E-state index in [4.69, 9.17) is 0 Å². The van der Waals surface area contributed by atoms with Gasteiger partial charge in [-0.2, -0.15) is 0 Å². The molecule has 17 heavy (non-hydrogen) atoms. The van der Waals surface area contributed by atoms with Gasteiger partial charge in [0, 0.05) is 23.8 Å². The van der Waals surface area contributed by atoms with Crippen molar-refractivity contribution in [3.05, 3.63) is 44.7 Å². The van der Waals surface area contributed by atoms with Gasteiger partial charge in [0.05, 0.1) is 0 Å². The van der Waals surface area contributed by atoms with E-state index in [-0.39, 0.29) is 6.86 Å². The van der Waals surface area contributed by atoms with Crippen molar-refractivity contribution in [2.75, 3.05) is 0 Å². The van der Waals surface area contributed by atoms with E-state index < -0.39 is 0 Å². The highest BCUT2D eigenvalue weighted by atomic mass is 16.1. The number of H-pyrrole nitrogens is 1. The lowest BCUT2D eigenvalue weighted by Crippen LogP contribution is -2.40. The van der Waals surface area contributed by atoms with Crippen LogP contribution in [-0.4, -0.2) is 4.98 Å². The Bertz CT molecular complexity index is 526. The number of nitrogens with one attached hydrogen (secondary N) is 1. The molecule has 1 aromatic rings. The molecule has 2 heteroatoms. The summed E-state index contributed by atoms with van der Waals surface area (Å²) in [7, 11) is 0. The molecule has 0 amide bonds. The van der Waals surface area contributed by atoms with Gasteiger partial charge in [-0.15, -0.1) is 0 Å². The number of aromatic amines is 1. The van der Waals surface area contributed by atoms with E-state index in [1.165, 1.54) is 0 Å². The zero-order chi connectivity index (χ0) is 13.3. The Morgan fingerprint density at radius 3 is 2.53 bits per heavy atom. The summed E-state index contributed by atoms with van der Waals surface area (Å²) in [5, 5.41) is 1.70. The van der Waals surface area contributed by atoms with Crippen molar-refractivity contribution in [3.8, 4) is 0 Å². The van der Waals surface area contributed by atoms with Gasteiger partial charge in [-0.05, 0) is 19.4 Å².